The predicted molar refractivity (Wildman–Crippen MR) is 178 cm³/mol. The van der Waals surface area contributed by atoms with E-state index in [9.17, 15) is 0 Å². The molecular weight excluding hydrogens is 721 g/mol. The molecule has 0 spiro atoms. The Hall–Kier alpha value is -3.37. The third-order valence-electron chi connectivity index (χ3n) is 8.28. The minimum atomic E-state index is -1.55. The molecule has 1 aliphatic carbocycles. The second-order valence-corrected chi connectivity index (χ2v) is 17.5. The average molecular weight is 759 g/mol. The standard InChI is InChI=1S/C26H28NOSi.C12H10N.Ir/c1-29(2,3)24-16-14-20(26-25(24)21-11-7-8-12-23(21)28-26)22-15-13-19(17-27-22)18-9-5-4-6-10-18;1-10-7-8-12(13-9-10)11-5-3-2-4-6-11;/h7-8,11-13,15-18H,4-6,9-10H2,1-3H3;2-5,7-9H,1H3;/q2*-1;. The zero-order valence-electron chi connectivity index (χ0n) is 25.4. The van der Waals surface area contributed by atoms with Gasteiger partial charge in [-0.1, -0.05) is 92.3 Å². The van der Waals surface area contributed by atoms with E-state index in [-0.39, 0.29) is 20.1 Å². The Morgan fingerprint density at radius 3 is 2.21 bits per heavy atom. The molecule has 1 saturated carbocycles. The molecule has 3 nitrogen and oxygen atoms in total. The van der Waals surface area contributed by atoms with Gasteiger partial charge in [0.1, 0.15) is 5.58 Å². The van der Waals surface area contributed by atoms with Crippen molar-refractivity contribution >= 4 is 35.2 Å². The Labute approximate surface area is 270 Å². The van der Waals surface area contributed by atoms with E-state index in [0.717, 1.165) is 33.7 Å². The second-order valence-electron chi connectivity index (χ2n) is 12.4. The summed E-state index contributed by atoms with van der Waals surface area (Å²) in [4.78, 5) is 9.17. The van der Waals surface area contributed by atoms with Gasteiger partial charge in [0, 0.05) is 46.0 Å². The third-order valence-corrected chi connectivity index (χ3v) is 10.3. The number of aryl methyl sites for hydroxylation is 1. The number of benzene rings is 3. The van der Waals surface area contributed by atoms with Crippen LogP contribution in [0.2, 0.25) is 19.6 Å². The summed E-state index contributed by atoms with van der Waals surface area (Å²) in [6.07, 6.45) is 10.6. The SMILES string of the molecule is C[Si](C)(C)c1c[c-]c(-c2ccc(C3CCCCC3)cn2)c2oc3ccccc3c12.Cc1ccc(-c2[c-]cccc2)nc1.[Ir]. The van der Waals surface area contributed by atoms with Gasteiger partial charge in [-0.05, 0) is 54.3 Å². The number of para-hydroxylation sites is 1. The summed E-state index contributed by atoms with van der Waals surface area (Å²) in [5.41, 5.74) is 8.40. The van der Waals surface area contributed by atoms with Crippen molar-refractivity contribution in [3.8, 4) is 22.5 Å². The molecule has 1 fully saturated rings. The Morgan fingerprint density at radius 2 is 1.53 bits per heavy atom. The van der Waals surface area contributed by atoms with Crippen LogP contribution in [-0.4, -0.2) is 18.0 Å². The van der Waals surface area contributed by atoms with E-state index in [1.807, 2.05) is 49.5 Å². The molecule has 3 aromatic carbocycles. The van der Waals surface area contributed by atoms with Gasteiger partial charge >= 0.3 is 0 Å². The van der Waals surface area contributed by atoms with Crippen LogP contribution >= 0.6 is 0 Å². The number of aromatic nitrogens is 2. The maximum absolute atomic E-state index is 6.37. The van der Waals surface area contributed by atoms with Crippen LogP contribution in [-0.2, 0) is 20.1 Å². The first-order chi connectivity index (χ1) is 20.4. The number of fused-ring (bicyclic) bond motifs is 3. The van der Waals surface area contributed by atoms with E-state index >= 15 is 0 Å². The smallest absolute Gasteiger partial charge is 0.120 e. The Balaban J connectivity index is 0.000000221. The summed E-state index contributed by atoms with van der Waals surface area (Å²) in [6, 6.07) is 33.6. The molecule has 7 rings (SSSR count). The minimum Gasteiger partial charge on any atom is -0.501 e. The molecule has 0 amide bonds. The van der Waals surface area contributed by atoms with Crippen molar-refractivity contribution in [3.63, 3.8) is 0 Å². The van der Waals surface area contributed by atoms with Crippen LogP contribution in [0.3, 0.4) is 0 Å². The predicted octanol–water partition coefficient (Wildman–Crippen LogP) is 9.90. The number of pyridine rings is 2. The molecule has 0 bridgehead atoms. The monoisotopic (exact) mass is 759 g/mol. The number of hydrogen-bond donors (Lipinski definition) is 0. The van der Waals surface area contributed by atoms with Crippen molar-refractivity contribution in [2.24, 2.45) is 0 Å². The molecule has 0 aliphatic heterocycles. The summed E-state index contributed by atoms with van der Waals surface area (Å²) in [5.74, 6) is 0.676. The van der Waals surface area contributed by atoms with E-state index in [2.05, 4.69) is 85.4 Å². The van der Waals surface area contributed by atoms with Crippen molar-refractivity contribution in [3.05, 3.63) is 115 Å². The van der Waals surface area contributed by atoms with Crippen LogP contribution in [0.4, 0.5) is 0 Å². The maximum atomic E-state index is 6.37. The van der Waals surface area contributed by atoms with E-state index in [1.54, 1.807) is 0 Å². The molecule has 0 atom stereocenters. The zero-order valence-corrected chi connectivity index (χ0v) is 28.8. The molecule has 0 N–H and O–H groups in total. The summed E-state index contributed by atoms with van der Waals surface area (Å²) >= 11 is 0. The third kappa shape index (κ3) is 6.91. The fourth-order valence-corrected chi connectivity index (χ4v) is 7.47. The summed E-state index contributed by atoms with van der Waals surface area (Å²) < 4.78 is 6.37. The van der Waals surface area contributed by atoms with Crippen LogP contribution < -0.4 is 5.19 Å². The molecule has 0 unspecified atom stereocenters. The number of rotatable bonds is 4. The largest absolute Gasteiger partial charge is 0.501 e. The molecule has 6 aromatic rings. The molecule has 3 aromatic heterocycles. The topological polar surface area (TPSA) is 38.9 Å². The fourth-order valence-electron chi connectivity index (χ4n) is 5.96. The van der Waals surface area contributed by atoms with Crippen molar-refractivity contribution in [1.82, 2.24) is 9.97 Å². The van der Waals surface area contributed by atoms with Crippen molar-refractivity contribution in [2.75, 3.05) is 0 Å². The molecule has 5 heteroatoms. The molecule has 43 heavy (non-hydrogen) atoms. The maximum Gasteiger partial charge on any atom is 0.120 e. The van der Waals surface area contributed by atoms with E-state index < -0.39 is 8.07 Å². The van der Waals surface area contributed by atoms with E-state index in [0.29, 0.717) is 5.92 Å². The Bertz CT molecular complexity index is 1780. The van der Waals surface area contributed by atoms with Crippen LogP contribution in [0, 0.1) is 19.1 Å². The molecule has 1 radical (unpaired) electrons. The first-order valence-electron chi connectivity index (χ1n) is 15.1. The number of furan rings is 1. The van der Waals surface area contributed by atoms with Crippen molar-refractivity contribution < 1.29 is 24.5 Å². The normalized spacial score (nSPS) is 13.8. The van der Waals surface area contributed by atoms with Gasteiger partial charge in [-0.3, -0.25) is 0 Å². The van der Waals surface area contributed by atoms with Gasteiger partial charge in [-0.2, -0.15) is 0 Å². The summed E-state index contributed by atoms with van der Waals surface area (Å²) in [5, 5.41) is 3.86. The summed E-state index contributed by atoms with van der Waals surface area (Å²) in [7, 11) is -1.55. The van der Waals surface area contributed by atoms with Gasteiger partial charge in [0.2, 0.25) is 0 Å². The van der Waals surface area contributed by atoms with Gasteiger partial charge in [0.05, 0.1) is 5.58 Å². The minimum absolute atomic E-state index is 0. The first-order valence-corrected chi connectivity index (χ1v) is 18.6. The van der Waals surface area contributed by atoms with Gasteiger partial charge in [-0.15, -0.1) is 53.2 Å². The number of hydrogen-bond acceptors (Lipinski definition) is 3. The average Bonchev–Trinajstić information content (AvgIpc) is 3.41. The van der Waals surface area contributed by atoms with Crippen LogP contribution in [0.15, 0.2) is 95.7 Å². The van der Waals surface area contributed by atoms with Gasteiger partial charge in [0.25, 0.3) is 0 Å². The fraction of sp³-hybridized carbons (Fsp3) is 0.263. The van der Waals surface area contributed by atoms with Crippen LogP contribution in [0.1, 0.15) is 49.1 Å². The molecule has 1 aliphatic rings. The first kappa shape index (κ1) is 31.1. The van der Waals surface area contributed by atoms with Gasteiger partial charge in [0.15, 0.2) is 0 Å². The Kier molecular flexibility index (Phi) is 9.76. The quantitative estimate of drug-likeness (QED) is 0.133. The molecule has 221 valence electrons. The molecule has 0 saturated heterocycles. The van der Waals surface area contributed by atoms with E-state index in [1.165, 1.54) is 59.2 Å². The van der Waals surface area contributed by atoms with Crippen molar-refractivity contribution in [1.29, 1.82) is 0 Å². The van der Waals surface area contributed by atoms with Gasteiger partial charge < -0.3 is 14.4 Å². The Morgan fingerprint density at radius 1 is 0.791 bits per heavy atom. The molecule has 3 heterocycles. The van der Waals surface area contributed by atoms with Crippen LogP contribution in [0.25, 0.3) is 44.5 Å². The zero-order chi connectivity index (χ0) is 29.1. The number of nitrogens with zero attached hydrogens (tertiary/aromatic N) is 2. The van der Waals surface area contributed by atoms with Crippen molar-refractivity contribution in [2.45, 2.75) is 64.6 Å². The summed E-state index contributed by atoms with van der Waals surface area (Å²) in [6.45, 7) is 9.18. The molecular formula is C38H38IrN2OSi-2. The van der Waals surface area contributed by atoms with Crippen LogP contribution in [0.5, 0.6) is 0 Å². The second kappa shape index (κ2) is 13.5. The van der Waals surface area contributed by atoms with Gasteiger partial charge in [-0.25, -0.2) is 0 Å². The van der Waals surface area contributed by atoms with E-state index in [4.69, 9.17) is 9.40 Å².